The van der Waals surface area contributed by atoms with Crippen LogP contribution in [0, 0.1) is 11.7 Å². The lowest BCUT2D eigenvalue weighted by molar-refractivity contribution is -0.149. The first-order chi connectivity index (χ1) is 14.5. The number of likely N-dealkylation sites (tertiary alicyclic amines) is 2. The summed E-state index contributed by atoms with van der Waals surface area (Å²) < 4.78 is 19.8. The van der Waals surface area contributed by atoms with E-state index in [4.69, 9.17) is 16.3 Å². The lowest BCUT2D eigenvalue weighted by Gasteiger charge is -2.35. The van der Waals surface area contributed by atoms with Gasteiger partial charge in [0.05, 0.1) is 18.6 Å². The van der Waals surface area contributed by atoms with Crippen LogP contribution in [0.1, 0.15) is 44.2 Å². The van der Waals surface area contributed by atoms with Crippen molar-refractivity contribution in [3.05, 3.63) is 34.6 Å². The van der Waals surface area contributed by atoms with Crippen molar-refractivity contribution in [1.82, 2.24) is 15.1 Å². The summed E-state index contributed by atoms with van der Waals surface area (Å²) in [6.07, 6.45) is 3.71. The molecule has 1 N–H and O–H groups in total. The van der Waals surface area contributed by atoms with Crippen molar-refractivity contribution >= 4 is 47.5 Å². The molecule has 0 radical (unpaired) electrons. The number of guanidine groups is 1. The summed E-state index contributed by atoms with van der Waals surface area (Å²) in [7, 11) is 1.75. The van der Waals surface area contributed by atoms with Crippen LogP contribution in [0.3, 0.4) is 0 Å². The Labute approximate surface area is 206 Å². The van der Waals surface area contributed by atoms with E-state index >= 15 is 0 Å². The number of nitrogens with zero attached hydrogens (tertiary/aromatic N) is 3. The van der Waals surface area contributed by atoms with Crippen LogP contribution in [-0.4, -0.2) is 68.1 Å². The quantitative estimate of drug-likeness (QED) is 0.243. The third-order valence-corrected chi connectivity index (χ3v) is 6.32. The Bertz CT molecular complexity index is 733. The highest BCUT2D eigenvalue weighted by Crippen LogP contribution is 2.32. The highest BCUT2D eigenvalue weighted by atomic mass is 127. The molecule has 2 fully saturated rings. The third kappa shape index (κ3) is 6.68. The molecule has 0 saturated carbocycles. The van der Waals surface area contributed by atoms with Gasteiger partial charge in [0.2, 0.25) is 0 Å². The predicted molar refractivity (Wildman–Crippen MR) is 133 cm³/mol. The number of halogens is 3. The first kappa shape index (κ1) is 26.1. The Morgan fingerprint density at radius 3 is 2.55 bits per heavy atom. The fourth-order valence-electron chi connectivity index (χ4n) is 4.40. The minimum atomic E-state index is -0.272. The molecule has 174 valence electrons. The van der Waals surface area contributed by atoms with E-state index in [0.29, 0.717) is 23.7 Å². The summed E-state index contributed by atoms with van der Waals surface area (Å²) in [6.45, 7) is 6.10. The van der Waals surface area contributed by atoms with E-state index < -0.39 is 0 Å². The maximum absolute atomic E-state index is 14.7. The summed E-state index contributed by atoms with van der Waals surface area (Å²) >= 11 is 6.39. The van der Waals surface area contributed by atoms with Crippen LogP contribution in [0.4, 0.5) is 4.39 Å². The zero-order valence-electron chi connectivity index (χ0n) is 18.3. The van der Waals surface area contributed by atoms with Gasteiger partial charge in [-0.1, -0.05) is 17.7 Å². The van der Waals surface area contributed by atoms with Gasteiger partial charge in [-0.25, -0.2) is 4.39 Å². The molecule has 1 atom stereocenters. The van der Waals surface area contributed by atoms with Gasteiger partial charge in [-0.05, 0) is 57.8 Å². The second-order valence-electron chi connectivity index (χ2n) is 7.84. The SMILES string of the molecule is CCOC(=O)C1CCN(C(=NC)NCC(c2c(F)cccc2Cl)N2CCCC2)CC1.I. The van der Waals surface area contributed by atoms with Crippen molar-refractivity contribution < 1.29 is 13.9 Å². The molecule has 3 rings (SSSR count). The van der Waals surface area contributed by atoms with Crippen molar-refractivity contribution in [2.75, 3.05) is 46.4 Å². The minimum absolute atomic E-state index is 0. The van der Waals surface area contributed by atoms with Gasteiger partial charge < -0.3 is 15.0 Å². The second-order valence-corrected chi connectivity index (χ2v) is 8.24. The Morgan fingerprint density at radius 2 is 1.97 bits per heavy atom. The summed E-state index contributed by atoms with van der Waals surface area (Å²) in [5, 5.41) is 3.89. The van der Waals surface area contributed by atoms with Crippen LogP contribution in [-0.2, 0) is 9.53 Å². The number of nitrogens with one attached hydrogen (secondary N) is 1. The highest BCUT2D eigenvalue weighted by molar-refractivity contribution is 14.0. The zero-order valence-corrected chi connectivity index (χ0v) is 21.4. The van der Waals surface area contributed by atoms with Gasteiger partial charge in [-0.15, -0.1) is 24.0 Å². The maximum Gasteiger partial charge on any atom is 0.309 e. The number of esters is 1. The second kappa shape index (κ2) is 12.8. The van der Waals surface area contributed by atoms with Crippen molar-refractivity contribution in [2.45, 2.75) is 38.6 Å². The minimum Gasteiger partial charge on any atom is -0.466 e. The van der Waals surface area contributed by atoms with Crippen molar-refractivity contribution in [2.24, 2.45) is 10.9 Å². The van der Waals surface area contributed by atoms with E-state index in [0.717, 1.165) is 57.8 Å². The molecule has 31 heavy (non-hydrogen) atoms. The van der Waals surface area contributed by atoms with Crippen LogP contribution in [0.5, 0.6) is 0 Å². The summed E-state index contributed by atoms with van der Waals surface area (Å²) in [5.41, 5.74) is 0.546. The summed E-state index contributed by atoms with van der Waals surface area (Å²) in [5.74, 6) is 0.345. The van der Waals surface area contributed by atoms with E-state index in [1.807, 2.05) is 6.92 Å². The summed E-state index contributed by atoms with van der Waals surface area (Å²) in [6, 6.07) is 4.70. The maximum atomic E-state index is 14.7. The van der Waals surface area contributed by atoms with Crippen molar-refractivity contribution in [3.8, 4) is 0 Å². The van der Waals surface area contributed by atoms with Crippen LogP contribution in [0.15, 0.2) is 23.2 Å². The number of benzene rings is 1. The Hall–Kier alpha value is -1.13. The number of carbonyl (C=O) groups excluding carboxylic acids is 1. The first-order valence-corrected chi connectivity index (χ1v) is 11.2. The highest BCUT2D eigenvalue weighted by Gasteiger charge is 2.30. The molecule has 2 heterocycles. The van der Waals surface area contributed by atoms with E-state index in [2.05, 4.69) is 20.1 Å². The Kier molecular flexibility index (Phi) is 10.8. The molecule has 6 nitrogen and oxygen atoms in total. The lowest BCUT2D eigenvalue weighted by Crippen LogP contribution is -2.48. The van der Waals surface area contributed by atoms with E-state index in [-0.39, 0.29) is 47.7 Å². The molecule has 9 heteroatoms. The van der Waals surface area contributed by atoms with Gasteiger partial charge in [0.25, 0.3) is 0 Å². The molecule has 1 unspecified atom stereocenters. The lowest BCUT2D eigenvalue weighted by atomic mass is 9.97. The molecule has 2 aliphatic heterocycles. The topological polar surface area (TPSA) is 57.2 Å². The van der Waals surface area contributed by atoms with E-state index in [1.165, 1.54) is 6.07 Å². The van der Waals surface area contributed by atoms with Gasteiger partial charge in [0, 0.05) is 37.3 Å². The average molecular weight is 567 g/mol. The normalized spacial score (nSPS) is 19.1. The molecule has 1 aromatic carbocycles. The molecular formula is C22H33ClFIN4O2. The number of carbonyl (C=O) groups is 1. The monoisotopic (exact) mass is 566 g/mol. The van der Waals surface area contributed by atoms with Crippen LogP contribution < -0.4 is 5.32 Å². The van der Waals surface area contributed by atoms with Crippen LogP contribution in [0.2, 0.25) is 5.02 Å². The summed E-state index contributed by atoms with van der Waals surface area (Å²) in [4.78, 5) is 20.9. The standard InChI is InChI=1S/C22H32ClFN4O2.HI/c1-3-30-21(29)16-9-13-28(14-10-16)22(25-2)26-15-19(27-11-4-5-12-27)20-17(23)7-6-8-18(20)24;/h6-8,16,19H,3-5,9-15H2,1-2H3,(H,25,26);1H. The third-order valence-electron chi connectivity index (χ3n) is 5.99. The number of ether oxygens (including phenoxy) is 1. The van der Waals surface area contributed by atoms with Crippen molar-refractivity contribution in [1.29, 1.82) is 0 Å². The van der Waals surface area contributed by atoms with Gasteiger partial charge in [0.15, 0.2) is 5.96 Å². The Morgan fingerprint density at radius 1 is 1.29 bits per heavy atom. The van der Waals surface area contributed by atoms with Gasteiger partial charge in [0.1, 0.15) is 5.82 Å². The number of piperidine rings is 1. The number of hydrogen-bond acceptors (Lipinski definition) is 4. The van der Waals surface area contributed by atoms with Gasteiger partial charge in [-0.3, -0.25) is 14.7 Å². The predicted octanol–water partition coefficient (Wildman–Crippen LogP) is 4.08. The molecular weight excluding hydrogens is 534 g/mol. The molecule has 0 spiro atoms. The first-order valence-electron chi connectivity index (χ1n) is 10.8. The van der Waals surface area contributed by atoms with Crippen LogP contribution >= 0.6 is 35.6 Å². The Balaban J connectivity index is 0.00000341. The molecule has 0 aromatic heterocycles. The number of hydrogen-bond donors (Lipinski definition) is 1. The average Bonchev–Trinajstić information content (AvgIpc) is 3.28. The molecule has 1 aromatic rings. The largest absolute Gasteiger partial charge is 0.466 e. The van der Waals surface area contributed by atoms with Gasteiger partial charge >= 0.3 is 5.97 Å². The smallest absolute Gasteiger partial charge is 0.309 e. The van der Waals surface area contributed by atoms with Crippen molar-refractivity contribution in [3.63, 3.8) is 0 Å². The molecule has 2 saturated heterocycles. The fraction of sp³-hybridized carbons (Fsp3) is 0.636. The molecule has 0 amide bonds. The van der Waals surface area contributed by atoms with E-state index in [9.17, 15) is 9.18 Å². The van der Waals surface area contributed by atoms with E-state index in [1.54, 1.807) is 19.2 Å². The molecule has 0 bridgehead atoms. The fourth-order valence-corrected chi connectivity index (χ4v) is 4.69. The van der Waals surface area contributed by atoms with Crippen LogP contribution in [0.25, 0.3) is 0 Å². The zero-order chi connectivity index (χ0) is 21.5. The van der Waals surface area contributed by atoms with Gasteiger partial charge in [-0.2, -0.15) is 0 Å². The number of rotatable bonds is 6. The molecule has 2 aliphatic rings. The number of aliphatic imine (C=N–C) groups is 1. The molecule has 0 aliphatic carbocycles.